The molecule has 2 rings (SSSR count). The molecule has 1 aliphatic heterocycles. The molecule has 15 heavy (non-hydrogen) atoms. The summed E-state index contributed by atoms with van der Waals surface area (Å²) in [5.41, 5.74) is 8.80. The van der Waals surface area contributed by atoms with Gasteiger partial charge in [-0.25, -0.2) is 0 Å². The Kier molecular flexibility index (Phi) is 2.34. The largest absolute Gasteiger partial charge is 0.398 e. The van der Waals surface area contributed by atoms with Gasteiger partial charge in [-0.1, -0.05) is 6.92 Å². The van der Waals surface area contributed by atoms with E-state index in [1.165, 1.54) is 0 Å². The maximum atomic E-state index is 12.5. The molecule has 0 bridgehead atoms. The smallest absolute Gasteiger partial charge is 0.228 e. The van der Waals surface area contributed by atoms with E-state index in [2.05, 4.69) is 5.32 Å². The highest BCUT2D eigenvalue weighted by atomic mass is 19.1. The van der Waals surface area contributed by atoms with Gasteiger partial charge in [0.1, 0.15) is 0 Å². The van der Waals surface area contributed by atoms with Crippen LogP contribution in [0.25, 0.3) is 0 Å². The summed E-state index contributed by atoms with van der Waals surface area (Å²) in [4.78, 5) is 11.1. The van der Waals surface area contributed by atoms with E-state index < -0.39 is 6.67 Å². The summed E-state index contributed by atoms with van der Waals surface area (Å²) >= 11 is 0. The summed E-state index contributed by atoms with van der Waals surface area (Å²) in [6, 6.07) is 3.54. The number of rotatable bonds is 2. The average molecular weight is 208 g/mol. The van der Waals surface area contributed by atoms with Crippen LogP contribution in [-0.2, 0) is 11.2 Å². The van der Waals surface area contributed by atoms with Gasteiger partial charge in [0.2, 0.25) is 5.91 Å². The lowest BCUT2D eigenvalue weighted by atomic mass is 9.97. The second-order valence-electron chi connectivity index (χ2n) is 3.92. The molecule has 80 valence electrons. The van der Waals surface area contributed by atoms with Gasteiger partial charge in [0.25, 0.3) is 0 Å². The minimum Gasteiger partial charge on any atom is -0.398 e. The molecular formula is C11H13FN2O. The number of benzene rings is 1. The Hall–Kier alpha value is -1.58. The van der Waals surface area contributed by atoms with Gasteiger partial charge in [-0.15, -0.1) is 0 Å². The van der Waals surface area contributed by atoms with Crippen LogP contribution in [0.15, 0.2) is 12.1 Å². The molecule has 1 atom stereocenters. The van der Waals surface area contributed by atoms with Crippen molar-refractivity contribution in [2.24, 2.45) is 0 Å². The molecule has 0 aromatic heterocycles. The number of hydrogen-bond acceptors (Lipinski definition) is 2. The number of carbonyl (C=O) groups is 1. The van der Waals surface area contributed by atoms with Crippen LogP contribution < -0.4 is 11.1 Å². The predicted octanol–water partition coefficient (Wildman–Crippen LogP) is 1.84. The minimum atomic E-state index is -0.447. The third-order valence-corrected chi connectivity index (χ3v) is 2.70. The Morgan fingerprint density at radius 3 is 3.00 bits per heavy atom. The number of nitrogen functional groups attached to an aromatic ring is 1. The number of alkyl halides is 1. The Balaban J connectivity index is 2.44. The van der Waals surface area contributed by atoms with Crippen LogP contribution in [0.5, 0.6) is 0 Å². The number of nitrogens with two attached hydrogens (primary N) is 1. The second kappa shape index (κ2) is 3.53. The van der Waals surface area contributed by atoms with Crippen LogP contribution in [-0.4, -0.2) is 12.6 Å². The number of anilines is 2. The van der Waals surface area contributed by atoms with Gasteiger partial charge in [0.15, 0.2) is 0 Å². The zero-order valence-corrected chi connectivity index (χ0v) is 8.51. The van der Waals surface area contributed by atoms with Gasteiger partial charge in [-0.05, 0) is 23.3 Å². The topological polar surface area (TPSA) is 55.1 Å². The molecule has 0 aliphatic carbocycles. The van der Waals surface area contributed by atoms with Gasteiger partial charge in [-0.2, -0.15) is 0 Å². The number of nitrogens with one attached hydrogen (secondary N) is 1. The van der Waals surface area contributed by atoms with Crippen LogP contribution >= 0.6 is 0 Å². The number of fused-ring (bicyclic) bond motifs is 1. The van der Waals surface area contributed by atoms with Crippen LogP contribution in [0.3, 0.4) is 0 Å². The average Bonchev–Trinajstić information content (AvgIpc) is 2.55. The monoisotopic (exact) mass is 208 g/mol. The molecule has 0 saturated heterocycles. The Morgan fingerprint density at radius 1 is 1.60 bits per heavy atom. The van der Waals surface area contributed by atoms with E-state index in [4.69, 9.17) is 5.73 Å². The number of carbonyl (C=O) groups excluding carboxylic acids is 1. The summed E-state index contributed by atoms with van der Waals surface area (Å²) in [5, 5.41) is 2.73. The SMILES string of the molecule is CC(CF)c1cc2c(cc1N)CC(=O)N2. The van der Waals surface area contributed by atoms with Crippen molar-refractivity contribution in [1.82, 2.24) is 0 Å². The third kappa shape index (κ3) is 1.67. The highest BCUT2D eigenvalue weighted by molar-refractivity contribution is 5.99. The van der Waals surface area contributed by atoms with E-state index in [1.807, 2.05) is 0 Å². The molecule has 3 nitrogen and oxygen atoms in total. The summed E-state index contributed by atoms with van der Waals surface area (Å²) in [6.45, 7) is 1.33. The van der Waals surface area contributed by atoms with Crippen molar-refractivity contribution in [2.75, 3.05) is 17.7 Å². The lowest BCUT2D eigenvalue weighted by molar-refractivity contribution is -0.115. The first-order chi connectivity index (χ1) is 7.11. The van der Waals surface area contributed by atoms with Crippen LogP contribution in [0.4, 0.5) is 15.8 Å². The normalized spacial score (nSPS) is 16.0. The molecule has 1 aliphatic rings. The van der Waals surface area contributed by atoms with E-state index in [0.717, 1.165) is 16.8 Å². The number of amides is 1. The summed E-state index contributed by atoms with van der Waals surface area (Å²) < 4.78 is 12.5. The quantitative estimate of drug-likeness (QED) is 0.728. The molecule has 4 heteroatoms. The predicted molar refractivity (Wildman–Crippen MR) is 57.6 cm³/mol. The van der Waals surface area contributed by atoms with Crippen molar-refractivity contribution in [3.8, 4) is 0 Å². The Morgan fingerprint density at radius 2 is 2.33 bits per heavy atom. The minimum absolute atomic E-state index is 0.0329. The molecule has 0 fully saturated rings. The van der Waals surface area contributed by atoms with Crippen LogP contribution in [0.1, 0.15) is 24.0 Å². The molecule has 1 heterocycles. The van der Waals surface area contributed by atoms with Crippen LogP contribution in [0.2, 0.25) is 0 Å². The Labute approximate surface area is 87.5 Å². The van der Waals surface area contributed by atoms with E-state index in [1.54, 1.807) is 19.1 Å². The van der Waals surface area contributed by atoms with Crippen molar-refractivity contribution >= 4 is 17.3 Å². The molecule has 0 radical (unpaired) electrons. The summed E-state index contributed by atoms with van der Waals surface area (Å²) in [5.74, 6) is -0.262. The van der Waals surface area contributed by atoms with Crippen molar-refractivity contribution in [3.63, 3.8) is 0 Å². The van der Waals surface area contributed by atoms with Gasteiger partial charge < -0.3 is 11.1 Å². The molecule has 0 spiro atoms. The fourth-order valence-corrected chi connectivity index (χ4v) is 1.82. The molecule has 1 amide bonds. The van der Waals surface area contributed by atoms with E-state index >= 15 is 0 Å². The van der Waals surface area contributed by atoms with Gasteiger partial charge in [0.05, 0.1) is 13.1 Å². The number of halogens is 1. The van der Waals surface area contributed by atoms with E-state index in [9.17, 15) is 9.18 Å². The third-order valence-electron chi connectivity index (χ3n) is 2.70. The number of hydrogen-bond donors (Lipinski definition) is 2. The van der Waals surface area contributed by atoms with E-state index in [0.29, 0.717) is 12.1 Å². The summed E-state index contributed by atoms with van der Waals surface area (Å²) in [7, 11) is 0. The van der Waals surface area contributed by atoms with Crippen molar-refractivity contribution in [1.29, 1.82) is 0 Å². The van der Waals surface area contributed by atoms with E-state index in [-0.39, 0.29) is 11.8 Å². The van der Waals surface area contributed by atoms with Gasteiger partial charge >= 0.3 is 0 Å². The molecule has 1 aromatic carbocycles. The standard InChI is InChI=1S/C11H13FN2O/c1-6(5-12)8-4-10-7(2-9(8)13)3-11(15)14-10/h2,4,6H,3,5,13H2,1H3,(H,14,15). The second-order valence-corrected chi connectivity index (χ2v) is 3.92. The first kappa shape index (κ1) is 9.96. The molecule has 3 N–H and O–H groups in total. The maximum absolute atomic E-state index is 12.5. The highest BCUT2D eigenvalue weighted by Crippen LogP contribution is 2.32. The lowest BCUT2D eigenvalue weighted by Crippen LogP contribution is -2.04. The maximum Gasteiger partial charge on any atom is 0.228 e. The first-order valence-electron chi connectivity index (χ1n) is 4.90. The molecule has 0 saturated carbocycles. The van der Waals surface area contributed by atoms with Crippen LogP contribution in [0, 0.1) is 0 Å². The fraction of sp³-hybridized carbons (Fsp3) is 0.364. The van der Waals surface area contributed by atoms with Crippen molar-refractivity contribution in [3.05, 3.63) is 23.3 Å². The van der Waals surface area contributed by atoms with Gasteiger partial charge in [0, 0.05) is 17.3 Å². The molecule has 1 unspecified atom stereocenters. The first-order valence-corrected chi connectivity index (χ1v) is 4.90. The molecule has 1 aromatic rings. The highest BCUT2D eigenvalue weighted by Gasteiger charge is 2.20. The molecular weight excluding hydrogens is 195 g/mol. The summed E-state index contributed by atoms with van der Waals surface area (Å²) in [6.07, 6.45) is 0.365. The zero-order chi connectivity index (χ0) is 11.0. The lowest BCUT2D eigenvalue weighted by Gasteiger charge is -2.12. The van der Waals surface area contributed by atoms with Crippen molar-refractivity contribution < 1.29 is 9.18 Å². The fourth-order valence-electron chi connectivity index (χ4n) is 1.82. The Bertz CT molecular complexity index is 417. The zero-order valence-electron chi connectivity index (χ0n) is 8.51. The van der Waals surface area contributed by atoms with Crippen molar-refractivity contribution in [2.45, 2.75) is 19.3 Å². The van der Waals surface area contributed by atoms with Gasteiger partial charge in [-0.3, -0.25) is 9.18 Å².